The van der Waals surface area contributed by atoms with E-state index in [1.54, 1.807) is 0 Å². The molecule has 1 aromatic rings. The maximum absolute atomic E-state index is 12.9. The number of hydrogen-bond donors (Lipinski definition) is 1. The predicted molar refractivity (Wildman–Crippen MR) is 124 cm³/mol. The summed E-state index contributed by atoms with van der Waals surface area (Å²) in [5, 5.41) is 1.53. The topological polar surface area (TPSA) is 173 Å². The van der Waals surface area contributed by atoms with Gasteiger partial charge in [-0.05, 0) is 32.5 Å². The molecule has 0 aliphatic carbocycles. The van der Waals surface area contributed by atoms with Crippen molar-refractivity contribution in [3.8, 4) is 0 Å². The summed E-state index contributed by atoms with van der Waals surface area (Å²) >= 11 is 0.608. The summed E-state index contributed by atoms with van der Waals surface area (Å²) in [6, 6.07) is -1.35. The molecule has 15 heteroatoms. The molecule has 1 amide bonds. The van der Waals surface area contributed by atoms with Crippen molar-refractivity contribution in [2.24, 2.45) is 0 Å². The van der Waals surface area contributed by atoms with Crippen LogP contribution in [0.25, 0.3) is 0 Å². The first-order chi connectivity index (χ1) is 17.0. The van der Waals surface area contributed by atoms with Gasteiger partial charge in [-0.2, -0.15) is 0 Å². The zero-order valence-electron chi connectivity index (χ0n) is 20.5. The van der Waals surface area contributed by atoms with E-state index in [9.17, 15) is 24.0 Å². The van der Waals surface area contributed by atoms with E-state index in [4.69, 9.17) is 27.8 Å². The Balaban J connectivity index is 0.00000684. The normalized spacial score (nSPS) is 15.0. The minimum Gasteiger partial charge on any atom is -0.463 e. The number of nitrogens with one attached hydrogen (secondary N) is 1. The molecule has 0 aromatic carbocycles. The van der Waals surface area contributed by atoms with Crippen LogP contribution in [0, 0.1) is 6.92 Å². The average Bonchev–Trinajstić information content (AvgIpc) is 3.12. The van der Waals surface area contributed by atoms with Crippen LogP contribution in [-0.4, -0.2) is 85.3 Å². The number of carbonyl (C=O) groups is 4. The zero-order valence-corrected chi connectivity index (χ0v) is 21.3. The SMILES string of the molecule is CC(=O)OCOC(=O)N[C@@H](C(=O)OCCN1CCOCC1)C(C)(C)SC(=O)OCc1oc(=O)oc1C.[HH]. The van der Waals surface area contributed by atoms with Crippen LogP contribution in [0.5, 0.6) is 0 Å². The van der Waals surface area contributed by atoms with Crippen molar-refractivity contribution in [2.45, 2.75) is 45.1 Å². The van der Waals surface area contributed by atoms with Gasteiger partial charge in [-0.25, -0.2) is 19.2 Å². The lowest BCUT2D eigenvalue weighted by Gasteiger charge is -2.31. The fourth-order valence-corrected chi connectivity index (χ4v) is 3.78. The van der Waals surface area contributed by atoms with Crippen LogP contribution in [0.4, 0.5) is 9.59 Å². The highest BCUT2D eigenvalue weighted by Crippen LogP contribution is 2.31. The van der Waals surface area contributed by atoms with Crippen LogP contribution in [0.1, 0.15) is 33.7 Å². The third-order valence-corrected chi connectivity index (χ3v) is 5.95. The van der Waals surface area contributed by atoms with E-state index in [1.807, 2.05) is 0 Å². The minimum absolute atomic E-state index is 0. The molecule has 1 aliphatic heterocycles. The number of amides is 1. The van der Waals surface area contributed by atoms with Gasteiger partial charge in [0.2, 0.25) is 6.79 Å². The summed E-state index contributed by atoms with van der Waals surface area (Å²) in [5.74, 6) is -2.20. The predicted octanol–water partition coefficient (Wildman–Crippen LogP) is 1.43. The fraction of sp³-hybridized carbons (Fsp3) is 0.667. The highest BCUT2D eigenvalue weighted by Gasteiger charge is 2.41. The third kappa shape index (κ3) is 9.91. The van der Waals surface area contributed by atoms with Crippen molar-refractivity contribution < 1.29 is 53.1 Å². The van der Waals surface area contributed by atoms with Crippen molar-refractivity contribution >= 4 is 35.1 Å². The molecule has 0 spiro atoms. The molecule has 1 N–H and O–H groups in total. The summed E-state index contributed by atoms with van der Waals surface area (Å²) in [6.07, 6.45) is -1.07. The van der Waals surface area contributed by atoms with Gasteiger partial charge in [0, 0.05) is 28.0 Å². The number of thioether (sulfide) groups is 1. The second-order valence-corrected chi connectivity index (χ2v) is 9.65. The van der Waals surface area contributed by atoms with Crippen LogP contribution in [-0.2, 0) is 39.9 Å². The van der Waals surface area contributed by atoms with Gasteiger partial charge >= 0.3 is 29.2 Å². The Hall–Kier alpha value is -3.04. The van der Waals surface area contributed by atoms with E-state index in [0.29, 0.717) is 44.6 Å². The Morgan fingerprint density at radius 1 is 1.11 bits per heavy atom. The monoisotopic (exact) mass is 536 g/mol. The Kier molecular flexibility index (Phi) is 11.3. The van der Waals surface area contributed by atoms with Gasteiger partial charge in [-0.3, -0.25) is 9.69 Å². The lowest BCUT2D eigenvalue weighted by Crippen LogP contribution is -2.54. The van der Waals surface area contributed by atoms with E-state index < -0.39 is 46.7 Å². The smallest absolute Gasteiger partial charge is 0.463 e. The van der Waals surface area contributed by atoms with Gasteiger partial charge in [0.1, 0.15) is 12.6 Å². The molecule has 204 valence electrons. The molecule has 1 saturated heterocycles. The third-order valence-electron chi connectivity index (χ3n) is 4.90. The molecule has 14 nitrogen and oxygen atoms in total. The largest absolute Gasteiger partial charge is 0.519 e. The van der Waals surface area contributed by atoms with Crippen molar-refractivity contribution in [3.63, 3.8) is 0 Å². The lowest BCUT2D eigenvalue weighted by molar-refractivity contribution is -0.151. The van der Waals surface area contributed by atoms with Gasteiger partial charge in [-0.1, -0.05) is 0 Å². The van der Waals surface area contributed by atoms with Crippen LogP contribution >= 0.6 is 11.8 Å². The molecule has 2 heterocycles. The maximum Gasteiger partial charge on any atom is 0.519 e. The van der Waals surface area contributed by atoms with E-state index in [2.05, 4.69) is 15.0 Å². The van der Waals surface area contributed by atoms with Crippen molar-refractivity contribution in [2.75, 3.05) is 46.2 Å². The summed E-state index contributed by atoms with van der Waals surface area (Å²) in [4.78, 5) is 61.6. The number of aryl methyl sites for hydroxylation is 1. The number of alkyl carbamates (subject to hydrolysis) is 1. The van der Waals surface area contributed by atoms with Crippen molar-refractivity contribution in [1.82, 2.24) is 10.2 Å². The lowest BCUT2D eigenvalue weighted by atomic mass is 10.0. The Morgan fingerprint density at radius 3 is 2.42 bits per heavy atom. The molecular weight excluding hydrogens is 504 g/mol. The molecule has 1 atom stereocenters. The van der Waals surface area contributed by atoms with Gasteiger partial charge in [0.25, 0.3) is 0 Å². The number of carbonyl (C=O) groups excluding carboxylic acids is 4. The van der Waals surface area contributed by atoms with E-state index in [1.165, 1.54) is 20.8 Å². The Bertz CT molecular complexity index is 973. The highest BCUT2D eigenvalue weighted by atomic mass is 32.2. The molecule has 0 unspecified atom stereocenters. The molecule has 36 heavy (non-hydrogen) atoms. The molecule has 1 aromatic heterocycles. The molecular formula is C21H32N2O12S. The van der Waals surface area contributed by atoms with Gasteiger partial charge < -0.3 is 37.8 Å². The number of morpholine rings is 1. The molecule has 1 aliphatic rings. The molecule has 0 bridgehead atoms. The van der Waals surface area contributed by atoms with Gasteiger partial charge in [-0.15, -0.1) is 0 Å². The molecule has 1 fully saturated rings. The fourth-order valence-electron chi connectivity index (χ4n) is 2.96. The zero-order chi connectivity index (χ0) is 26.7. The Morgan fingerprint density at radius 2 is 1.81 bits per heavy atom. The van der Waals surface area contributed by atoms with Gasteiger partial charge in [0.05, 0.1) is 18.0 Å². The van der Waals surface area contributed by atoms with E-state index in [0.717, 1.165) is 6.92 Å². The first-order valence-corrected chi connectivity index (χ1v) is 11.8. The number of hydrogen-bond acceptors (Lipinski definition) is 14. The molecule has 0 saturated carbocycles. The highest BCUT2D eigenvalue weighted by molar-refractivity contribution is 8.14. The van der Waals surface area contributed by atoms with E-state index >= 15 is 0 Å². The number of esters is 2. The summed E-state index contributed by atoms with van der Waals surface area (Å²) < 4.78 is 33.3. The van der Waals surface area contributed by atoms with Crippen LogP contribution < -0.4 is 11.1 Å². The van der Waals surface area contributed by atoms with Crippen molar-refractivity contribution in [1.29, 1.82) is 0 Å². The Labute approximate surface area is 212 Å². The summed E-state index contributed by atoms with van der Waals surface area (Å²) in [7, 11) is 0. The van der Waals surface area contributed by atoms with E-state index in [-0.39, 0.29) is 26.2 Å². The average molecular weight is 537 g/mol. The number of nitrogens with zero attached hydrogens (tertiary/aromatic N) is 1. The quantitative estimate of drug-likeness (QED) is 0.244. The van der Waals surface area contributed by atoms with Crippen LogP contribution in [0.15, 0.2) is 13.6 Å². The maximum atomic E-state index is 12.9. The van der Waals surface area contributed by atoms with Crippen LogP contribution in [0.2, 0.25) is 0 Å². The number of rotatable bonds is 11. The summed E-state index contributed by atoms with van der Waals surface area (Å²) in [6.45, 7) is 7.68. The van der Waals surface area contributed by atoms with Crippen molar-refractivity contribution in [3.05, 3.63) is 22.1 Å². The minimum atomic E-state index is -1.35. The number of ether oxygens (including phenoxy) is 5. The standard InChI is InChI=1S/C21H30N2O12S.H2/c1-13-15(35-19(27)34-13)11-31-20(28)36-21(3,4)16(22-18(26)33-12-32-14(2)24)17(25)30-10-7-23-5-8-29-9-6-23;/h16H,5-12H2,1-4H3,(H,22,26);1H/t16-;/m0./s1. The molecule has 2 rings (SSSR count). The van der Waals surface area contributed by atoms with Crippen LogP contribution in [0.3, 0.4) is 0 Å². The summed E-state index contributed by atoms with van der Waals surface area (Å²) in [5.41, 5.74) is 0. The second kappa shape index (κ2) is 13.9. The van der Waals surface area contributed by atoms with Gasteiger partial charge in [0.15, 0.2) is 18.1 Å². The second-order valence-electron chi connectivity index (χ2n) is 8.06. The first kappa shape index (κ1) is 29.2. The molecule has 0 radical (unpaired) electrons. The first-order valence-electron chi connectivity index (χ1n) is 11.0.